The summed E-state index contributed by atoms with van der Waals surface area (Å²) in [5.41, 5.74) is 2.31. The second-order valence-electron chi connectivity index (χ2n) is 4.69. The Morgan fingerprint density at radius 3 is 2.90 bits per heavy atom. The predicted molar refractivity (Wildman–Crippen MR) is 71.1 cm³/mol. The molecule has 2 aromatic heterocycles. The molecule has 0 bridgehead atoms. The van der Waals surface area contributed by atoms with E-state index in [-0.39, 0.29) is 12.0 Å². The summed E-state index contributed by atoms with van der Waals surface area (Å²) in [6.45, 7) is 1.56. The van der Waals surface area contributed by atoms with Crippen molar-refractivity contribution in [3.8, 4) is 6.07 Å². The molecule has 0 radical (unpaired) electrons. The maximum absolute atomic E-state index is 8.78. The van der Waals surface area contributed by atoms with Gasteiger partial charge in [-0.2, -0.15) is 20.7 Å². The minimum absolute atomic E-state index is 0.0655. The standard InChI is InChI=1S/C13H14N6O/c1-20-13-8-19(7-11(13)12-6-16-18-17-12)10-3-2-9(4-14)15-5-10/h2-3,5-6,11,13H,7-8H2,1H3,(H,16,17,18)/t11-,13+/m0/s1. The van der Waals surface area contributed by atoms with E-state index in [4.69, 9.17) is 10.00 Å². The second kappa shape index (κ2) is 5.27. The summed E-state index contributed by atoms with van der Waals surface area (Å²) in [4.78, 5) is 6.28. The highest BCUT2D eigenvalue weighted by molar-refractivity contribution is 5.48. The van der Waals surface area contributed by atoms with E-state index in [9.17, 15) is 0 Å². The number of nitriles is 1. The Labute approximate surface area is 116 Å². The average molecular weight is 270 g/mol. The fourth-order valence-electron chi connectivity index (χ4n) is 2.54. The van der Waals surface area contributed by atoms with Crippen LogP contribution in [0.4, 0.5) is 5.69 Å². The highest BCUT2D eigenvalue weighted by Crippen LogP contribution is 2.31. The maximum atomic E-state index is 8.78. The maximum Gasteiger partial charge on any atom is 0.140 e. The predicted octanol–water partition coefficient (Wildman–Crippen LogP) is 0.690. The number of hydrogen-bond donors (Lipinski definition) is 1. The van der Waals surface area contributed by atoms with Gasteiger partial charge in [0, 0.05) is 20.2 Å². The molecule has 0 spiro atoms. The molecule has 0 aliphatic carbocycles. The number of rotatable bonds is 3. The van der Waals surface area contributed by atoms with Crippen molar-refractivity contribution in [2.45, 2.75) is 12.0 Å². The SMILES string of the molecule is CO[C@@H]1CN(c2ccc(C#N)nc2)C[C@H]1c1cn[nH]n1. The zero-order valence-electron chi connectivity index (χ0n) is 11.0. The first kappa shape index (κ1) is 12.6. The number of anilines is 1. The van der Waals surface area contributed by atoms with Crippen LogP contribution in [0.15, 0.2) is 24.5 Å². The van der Waals surface area contributed by atoms with Gasteiger partial charge in [-0.3, -0.25) is 0 Å². The molecule has 1 aliphatic heterocycles. The molecular formula is C13H14N6O. The molecule has 0 unspecified atom stereocenters. The Kier molecular flexibility index (Phi) is 3.31. The third-order valence-electron chi connectivity index (χ3n) is 3.61. The summed E-state index contributed by atoms with van der Waals surface area (Å²) in [6, 6.07) is 5.65. The number of pyridine rings is 1. The van der Waals surface area contributed by atoms with Crippen LogP contribution in [-0.2, 0) is 4.74 Å². The third-order valence-corrected chi connectivity index (χ3v) is 3.61. The van der Waals surface area contributed by atoms with Crippen LogP contribution in [0, 0.1) is 11.3 Å². The number of H-pyrrole nitrogens is 1. The molecule has 3 heterocycles. The fraction of sp³-hybridized carbons (Fsp3) is 0.385. The molecule has 2 atom stereocenters. The minimum atomic E-state index is 0.0655. The number of aromatic nitrogens is 4. The third kappa shape index (κ3) is 2.21. The Bertz CT molecular complexity index is 603. The van der Waals surface area contributed by atoms with Gasteiger partial charge in [-0.25, -0.2) is 4.98 Å². The van der Waals surface area contributed by atoms with Crippen molar-refractivity contribution >= 4 is 5.69 Å². The van der Waals surface area contributed by atoms with Crippen molar-refractivity contribution in [3.05, 3.63) is 35.9 Å². The molecule has 1 aliphatic rings. The molecule has 1 saturated heterocycles. The lowest BCUT2D eigenvalue weighted by Gasteiger charge is -2.17. The Morgan fingerprint density at radius 2 is 2.30 bits per heavy atom. The highest BCUT2D eigenvalue weighted by Gasteiger charge is 2.35. The van der Waals surface area contributed by atoms with Gasteiger partial charge < -0.3 is 9.64 Å². The Hall–Kier alpha value is -2.46. The first-order valence-electron chi connectivity index (χ1n) is 6.31. The first-order chi connectivity index (χ1) is 9.81. The highest BCUT2D eigenvalue weighted by atomic mass is 16.5. The van der Waals surface area contributed by atoms with Crippen LogP contribution in [-0.4, -0.2) is 46.7 Å². The second-order valence-corrected chi connectivity index (χ2v) is 4.69. The summed E-state index contributed by atoms with van der Waals surface area (Å²) < 4.78 is 5.55. The van der Waals surface area contributed by atoms with Gasteiger partial charge in [0.15, 0.2) is 0 Å². The van der Waals surface area contributed by atoms with Gasteiger partial charge in [-0.1, -0.05) is 0 Å². The lowest BCUT2D eigenvalue weighted by atomic mass is 10.0. The van der Waals surface area contributed by atoms with Crippen LogP contribution < -0.4 is 4.90 Å². The molecule has 0 saturated carbocycles. The lowest BCUT2D eigenvalue weighted by molar-refractivity contribution is 0.105. The molecule has 3 rings (SSSR count). The van der Waals surface area contributed by atoms with Gasteiger partial charge in [0.25, 0.3) is 0 Å². The van der Waals surface area contributed by atoms with Gasteiger partial charge in [-0.05, 0) is 12.1 Å². The lowest BCUT2D eigenvalue weighted by Crippen LogP contribution is -2.22. The van der Waals surface area contributed by atoms with E-state index in [1.165, 1.54) is 0 Å². The van der Waals surface area contributed by atoms with Gasteiger partial charge >= 0.3 is 0 Å². The number of methoxy groups -OCH3 is 1. The molecule has 7 heteroatoms. The van der Waals surface area contributed by atoms with Crippen LogP contribution >= 0.6 is 0 Å². The summed E-state index contributed by atoms with van der Waals surface area (Å²) in [7, 11) is 1.71. The molecular weight excluding hydrogens is 256 g/mol. The molecule has 0 aromatic carbocycles. The number of nitrogens with one attached hydrogen (secondary N) is 1. The van der Waals surface area contributed by atoms with E-state index < -0.39 is 0 Å². The molecule has 102 valence electrons. The normalized spacial score (nSPS) is 21.9. The first-order valence-corrected chi connectivity index (χ1v) is 6.31. The number of nitrogens with zero attached hydrogens (tertiary/aromatic N) is 5. The molecule has 0 amide bonds. The van der Waals surface area contributed by atoms with E-state index in [1.54, 1.807) is 25.6 Å². The van der Waals surface area contributed by atoms with Crippen LogP contribution in [0.5, 0.6) is 0 Å². The van der Waals surface area contributed by atoms with Gasteiger partial charge in [0.1, 0.15) is 11.8 Å². The minimum Gasteiger partial charge on any atom is -0.379 e. The van der Waals surface area contributed by atoms with Crippen molar-refractivity contribution in [2.24, 2.45) is 0 Å². The Morgan fingerprint density at radius 1 is 1.40 bits per heavy atom. The molecule has 2 aromatic rings. The smallest absolute Gasteiger partial charge is 0.140 e. The zero-order chi connectivity index (χ0) is 13.9. The van der Waals surface area contributed by atoms with E-state index in [2.05, 4.69) is 25.3 Å². The van der Waals surface area contributed by atoms with Crippen molar-refractivity contribution in [2.75, 3.05) is 25.1 Å². The van der Waals surface area contributed by atoms with Gasteiger partial charge in [0.2, 0.25) is 0 Å². The molecule has 20 heavy (non-hydrogen) atoms. The van der Waals surface area contributed by atoms with Crippen molar-refractivity contribution in [1.29, 1.82) is 5.26 Å². The van der Waals surface area contributed by atoms with Gasteiger partial charge in [-0.15, -0.1) is 0 Å². The summed E-state index contributed by atoms with van der Waals surface area (Å²) in [5, 5.41) is 19.4. The molecule has 1 fully saturated rings. The quantitative estimate of drug-likeness (QED) is 0.882. The number of hydrogen-bond acceptors (Lipinski definition) is 6. The van der Waals surface area contributed by atoms with Crippen molar-refractivity contribution in [1.82, 2.24) is 20.4 Å². The monoisotopic (exact) mass is 270 g/mol. The van der Waals surface area contributed by atoms with Crippen LogP contribution in [0.3, 0.4) is 0 Å². The number of aromatic amines is 1. The zero-order valence-corrected chi connectivity index (χ0v) is 11.0. The van der Waals surface area contributed by atoms with Crippen LogP contribution in [0.1, 0.15) is 17.3 Å². The molecule has 7 nitrogen and oxygen atoms in total. The van der Waals surface area contributed by atoms with Crippen LogP contribution in [0.25, 0.3) is 0 Å². The van der Waals surface area contributed by atoms with E-state index in [0.29, 0.717) is 5.69 Å². The Balaban J connectivity index is 1.81. The van der Waals surface area contributed by atoms with Crippen LogP contribution in [0.2, 0.25) is 0 Å². The summed E-state index contributed by atoms with van der Waals surface area (Å²) >= 11 is 0. The van der Waals surface area contributed by atoms with Crippen molar-refractivity contribution in [3.63, 3.8) is 0 Å². The summed E-state index contributed by atoms with van der Waals surface area (Å²) in [5.74, 6) is 0.175. The van der Waals surface area contributed by atoms with Crippen molar-refractivity contribution < 1.29 is 4.74 Å². The summed E-state index contributed by atoms with van der Waals surface area (Å²) in [6.07, 6.45) is 3.52. The fourth-order valence-corrected chi connectivity index (χ4v) is 2.54. The van der Waals surface area contributed by atoms with E-state index >= 15 is 0 Å². The topological polar surface area (TPSA) is 90.7 Å². The number of ether oxygens (including phenoxy) is 1. The largest absolute Gasteiger partial charge is 0.379 e. The van der Waals surface area contributed by atoms with Gasteiger partial charge in [0.05, 0.1) is 35.8 Å². The molecule has 1 N–H and O–H groups in total. The van der Waals surface area contributed by atoms with E-state index in [1.807, 2.05) is 12.1 Å². The van der Waals surface area contributed by atoms with E-state index in [0.717, 1.165) is 24.5 Å². The average Bonchev–Trinajstić information content (AvgIpc) is 3.16.